The standard InChI is InChI=1S/C15H20N2O2/c1-3-4-7-10-15(2,14(18)19)17-11-16-12-8-5-6-9-13(12)17/h5-6,8-9,11H,3-4,7,10H2,1-2H3,(H,18,19). The number of fused-ring (bicyclic) bond motifs is 1. The number of carboxylic acid groups (broad SMARTS) is 1. The lowest BCUT2D eigenvalue weighted by Crippen LogP contribution is -2.38. The first kappa shape index (κ1) is 13.6. The first-order chi connectivity index (χ1) is 9.09. The maximum atomic E-state index is 11.7. The fourth-order valence-corrected chi connectivity index (χ4v) is 2.40. The van der Waals surface area contributed by atoms with Gasteiger partial charge in [-0.3, -0.25) is 0 Å². The Bertz CT molecular complexity index is 576. The lowest BCUT2D eigenvalue weighted by molar-refractivity contribution is -0.147. The van der Waals surface area contributed by atoms with Gasteiger partial charge in [-0.2, -0.15) is 0 Å². The fraction of sp³-hybridized carbons (Fsp3) is 0.467. The van der Waals surface area contributed by atoms with Crippen LogP contribution in [0.5, 0.6) is 0 Å². The second-order valence-corrected chi connectivity index (χ2v) is 5.14. The molecule has 1 unspecified atom stereocenters. The molecule has 0 spiro atoms. The van der Waals surface area contributed by atoms with Crippen molar-refractivity contribution < 1.29 is 9.90 Å². The molecule has 0 fully saturated rings. The fourth-order valence-electron chi connectivity index (χ4n) is 2.40. The minimum atomic E-state index is -0.925. The normalized spacial score (nSPS) is 14.4. The average Bonchev–Trinajstić information content (AvgIpc) is 2.83. The zero-order chi connectivity index (χ0) is 13.9. The number of hydrogen-bond donors (Lipinski definition) is 1. The third kappa shape index (κ3) is 2.48. The summed E-state index contributed by atoms with van der Waals surface area (Å²) in [6.45, 7) is 3.89. The summed E-state index contributed by atoms with van der Waals surface area (Å²) >= 11 is 0. The van der Waals surface area contributed by atoms with E-state index in [1.165, 1.54) is 0 Å². The predicted molar refractivity (Wildman–Crippen MR) is 75.2 cm³/mol. The SMILES string of the molecule is CCCCCC(C)(C(=O)O)n1cnc2ccccc21. The molecule has 1 N–H and O–H groups in total. The number of rotatable bonds is 6. The molecule has 1 atom stereocenters. The Kier molecular flexibility index (Phi) is 3.88. The third-order valence-corrected chi connectivity index (χ3v) is 3.71. The van der Waals surface area contributed by atoms with Gasteiger partial charge in [0.2, 0.25) is 0 Å². The Morgan fingerprint density at radius 2 is 2.11 bits per heavy atom. The van der Waals surface area contributed by atoms with Crippen LogP contribution in [0.4, 0.5) is 0 Å². The van der Waals surface area contributed by atoms with Crippen LogP contribution in [0, 0.1) is 0 Å². The molecule has 0 saturated carbocycles. The maximum absolute atomic E-state index is 11.7. The summed E-state index contributed by atoms with van der Waals surface area (Å²) in [5.41, 5.74) is 0.792. The van der Waals surface area contributed by atoms with Gasteiger partial charge in [-0.05, 0) is 25.5 Å². The number of imidazole rings is 1. The van der Waals surface area contributed by atoms with E-state index in [2.05, 4.69) is 11.9 Å². The van der Waals surface area contributed by atoms with Crippen LogP contribution in [0.2, 0.25) is 0 Å². The Balaban J connectivity index is 2.40. The van der Waals surface area contributed by atoms with E-state index in [1.54, 1.807) is 17.8 Å². The first-order valence-electron chi connectivity index (χ1n) is 6.75. The van der Waals surface area contributed by atoms with Crippen molar-refractivity contribution in [3.63, 3.8) is 0 Å². The number of carbonyl (C=O) groups is 1. The minimum absolute atomic E-state index is 0.622. The van der Waals surface area contributed by atoms with E-state index in [4.69, 9.17) is 0 Å². The largest absolute Gasteiger partial charge is 0.479 e. The molecule has 1 aromatic carbocycles. The van der Waals surface area contributed by atoms with Crippen molar-refractivity contribution in [1.29, 1.82) is 0 Å². The van der Waals surface area contributed by atoms with E-state index in [0.29, 0.717) is 6.42 Å². The van der Waals surface area contributed by atoms with Crippen LogP contribution < -0.4 is 0 Å². The minimum Gasteiger partial charge on any atom is -0.479 e. The molecule has 4 nitrogen and oxygen atoms in total. The summed E-state index contributed by atoms with van der Waals surface area (Å²) in [7, 11) is 0. The van der Waals surface area contributed by atoms with Gasteiger partial charge in [0.05, 0.1) is 17.4 Å². The van der Waals surface area contributed by atoms with E-state index in [0.717, 1.165) is 30.3 Å². The van der Waals surface area contributed by atoms with Gasteiger partial charge in [0.15, 0.2) is 0 Å². The summed E-state index contributed by atoms with van der Waals surface area (Å²) in [6, 6.07) is 7.65. The van der Waals surface area contributed by atoms with Crippen molar-refractivity contribution in [2.45, 2.75) is 45.1 Å². The monoisotopic (exact) mass is 260 g/mol. The van der Waals surface area contributed by atoms with Crippen molar-refractivity contribution in [2.75, 3.05) is 0 Å². The molecule has 0 bridgehead atoms. The number of carboxylic acids is 1. The second-order valence-electron chi connectivity index (χ2n) is 5.14. The third-order valence-electron chi connectivity index (χ3n) is 3.71. The maximum Gasteiger partial charge on any atom is 0.329 e. The van der Waals surface area contributed by atoms with Crippen LogP contribution in [0.1, 0.15) is 39.5 Å². The molecule has 19 heavy (non-hydrogen) atoms. The molecule has 102 valence electrons. The molecular weight excluding hydrogens is 240 g/mol. The molecule has 1 heterocycles. The van der Waals surface area contributed by atoms with Gasteiger partial charge in [-0.25, -0.2) is 9.78 Å². The van der Waals surface area contributed by atoms with Gasteiger partial charge in [-0.15, -0.1) is 0 Å². The molecule has 0 radical (unpaired) electrons. The molecule has 2 aromatic rings. The van der Waals surface area contributed by atoms with Crippen LogP contribution in [-0.4, -0.2) is 20.6 Å². The molecule has 2 rings (SSSR count). The topological polar surface area (TPSA) is 55.1 Å². The van der Waals surface area contributed by atoms with Crippen LogP contribution in [0.25, 0.3) is 11.0 Å². The predicted octanol–water partition coefficient (Wildman–Crippen LogP) is 3.42. The molecule has 0 aliphatic heterocycles. The van der Waals surface area contributed by atoms with Gasteiger partial charge in [0, 0.05) is 0 Å². The Hall–Kier alpha value is -1.84. The van der Waals surface area contributed by atoms with Gasteiger partial charge >= 0.3 is 5.97 Å². The molecule has 0 amide bonds. The Labute approximate surface area is 113 Å². The van der Waals surface area contributed by atoms with Crippen LogP contribution >= 0.6 is 0 Å². The smallest absolute Gasteiger partial charge is 0.329 e. The van der Waals surface area contributed by atoms with Gasteiger partial charge < -0.3 is 9.67 Å². The van der Waals surface area contributed by atoms with E-state index in [-0.39, 0.29) is 0 Å². The summed E-state index contributed by atoms with van der Waals surface area (Å²) in [6.07, 6.45) is 5.31. The quantitative estimate of drug-likeness (QED) is 0.810. The summed E-state index contributed by atoms with van der Waals surface area (Å²) < 4.78 is 1.79. The molecule has 1 aromatic heterocycles. The molecular formula is C15H20N2O2. The lowest BCUT2D eigenvalue weighted by Gasteiger charge is -2.27. The molecule has 0 aliphatic carbocycles. The lowest BCUT2D eigenvalue weighted by atomic mass is 9.94. The van der Waals surface area contributed by atoms with Crippen LogP contribution in [-0.2, 0) is 10.3 Å². The highest BCUT2D eigenvalue weighted by molar-refractivity contribution is 5.82. The first-order valence-corrected chi connectivity index (χ1v) is 6.75. The highest BCUT2D eigenvalue weighted by atomic mass is 16.4. The highest BCUT2D eigenvalue weighted by Gasteiger charge is 2.35. The number of benzene rings is 1. The average molecular weight is 260 g/mol. The number of nitrogens with zero attached hydrogens (tertiary/aromatic N) is 2. The summed E-state index contributed by atoms with van der Waals surface area (Å²) in [5, 5.41) is 9.61. The van der Waals surface area contributed by atoms with Crippen molar-refractivity contribution in [1.82, 2.24) is 9.55 Å². The molecule has 0 aliphatic rings. The number of aromatic nitrogens is 2. The second kappa shape index (κ2) is 5.43. The van der Waals surface area contributed by atoms with Crippen LogP contribution in [0.3, 0.4) is 0 Å². The number of hydrogen-bond acceptors (Lipinski definition) is 2. The number of unbranched alkanes of at least 4 members (excludes halogenated alkanes) is 2. The number of para-hydroxylation sites is 2. The molecule has 4 heteroatoms. The van der Waals surface area contributed by atoms with E-state index < -0.39 is 11.5 Å². The van der Waals surface area contributed by atoms with Gasteiger partial charge in [0.25, 0.3) is 0 Å². The molecule has 0 saturated heterocycles. The number of aliphatic carboxylic acids is 1. The van der Waals surface area contributed by atoms with Crippen molar-refractivity contribution >= 4 is 17.0 Å². The van der Waals surface area contributed by atoms with E-state index >= 15 is 0 Å². The van der Waals surface area contributed by atoms with Gasteiger partial charge in [0.1, 0.15) is 5.54 Å². The van der Waals surface area contributed by atoms with E-state index in [9.17, 15) is 9.90 Å². The summed E-state index contributed by atoms with van der Waals surface area (Å²) in [4.78, 5) is 16.0. The Morgan fingerprint density at radius 3 is 2.79 bits per heavy atom. The zero-order valence-corrected chi connectivity index (χ0v) is 11.5. The van der Waals surface area contributed by atoms with Crippen molar-refractivity contribution in [3.05, 3.63) is 30.6 Å². The van der Waals surface area contributed by atoms with Crippen LogP contribution in [0.15, 0.2) is 30.6 Å². The zero-order valence-electron chi connectivity index (χ0n) is 11.5. The summed E-state index contributed by atoms with van der Waals surface area (Å²) in [5.74, 6) is -0.799. The van der Waals surface area contributed by atoms with E-state index in [1.807, 2.05) is 24.3 Å². The van der Waals surface area contributed by atoms with Gasteiger partial charge in [-0.1, -0.05) is 38.3 Å². The Morgan fingerprint density at radius 1 is 1.37 bits per heavy atom. The highest BCUT2D eigenvalue weighted by Crippen LogP contribution is 2.28. The van der Waals surface area contributed by atoms with Crippen molar-refractivity contribution in [2.24, 2.45) is 0 Å². The van der Waals surface area contributed by atoms with Crippen molar-refractivity contribution in [3.8, 4) is 0 Å².